The van der Waals surface area contributed by atoms with Crippen LogP contribution in [-0.2, 0) is 9.47 Å². The van der Waals surface area contributed by atoms with Crippen molar-refractivity contribution in [3.05, 3.63) is 35.4 Å². The molecule has 2 rings (SSSR count). The van der Waals surface area contributed by atoms with Crippen LogP contribution in [0.3, 0.4) is 0 Å². The number of carboxylic acids is 1. The van der Waals surface area contributed by atoms with E-state index >= 15 is 0 Å². The summed E-state index contributed by atoms with van der Waals surface area (Å²) in [5, 5.41) is 8.93. The number of ether oxygens (including phenoxy) is 2. The molecular formula is C17H23NO5. The van der Waals surface area contributed by atoms with E-state index in [0.29, 0.717) is 26.1 Å². The molecule has 0 saturated carbocycles. The molecule has 0 unspecified atom stereocenters. The second-order valence-electron chi connectivity index (χ2n) is 6.54. The molecule has 1 aliphatic heterocycles. The second kappa shape index (κ2) is 7.00. The smallest absolute Gasteiger partial charge is 0.410 e. The van der Waals surface area contributed by atoms with Crippen molar-refractivity contribution in [2.75, 3.05) is 19.7 Å². The lowest BCUT2D eigenvalue weighted by atomic mass is 10.0. The topological polar surface area (TPSA) is 76.1 Å². The van der Waals surface area contributed by atoms with Crippen LogP contribution in [0.5, 0.6) is 0 Å². The Morgan fingerprint density at radius 3 is 2.43 bits per heavy atom. The minimum atomic E-state index is -0.950. The summed E-state index contributed by atoms with van der Waals surface area (Å²) in [6.07, 6.45) is 0.166. The average molecular weight is 321 g/mol. The Hall–Kier alpha value is -2.08. The summed E-state index contributed by atoms with van der Waals surface area (Å²) in [6, 6.07) is 6.66. The van der Waals surface area contributed by atoms with E-state index in [-0.39, 0.29) is 17.8 Å². The van der Waals surface area contributed by atoms with Gasteiger partial charge in [0.05, 0.1) is 18.3 Å². The highest BCUT2D eigenvalue weighted by atomic mass is 16.6. The number of carbonyl (C=O) groups excluding carboxylic acids is 1. The molecule has 1 amide bonds. The van der Waals surface area contributed by atoms with E-state index in [0.717, 1.165) is 5.56 Å². The normalized spacial score (nSPS) is 19.1. The van der Waals surface area contributed by atoms with Crippen molar-refractivity contribution >= 4 is 12.1 Å². The minimum absolute atomic E-state index is 0.148. The van der Waals surface area contributed by atoms with E-state index in [1.807, 2.05) is 20.8 Å². The van der Waals surface area contributed by atoms with Crippen molar-refractivity contribution in [2.45, 2.75) is 38.9 Å². The number of amides is 1. The van der Waals surface area contributed by atoms with Crippen molar-refractivity contribution in [1.82, 2.24) is 4.90 Å². The molecular weight excluding hydrogens is 298 g/mol. The predicted octanol–water partition coefficient (Wildman–Crippen LogP) is 3.08. The van der Waals surface area contributed by atoms with Gasteiger partial charge in [0.1, 0.15) is 5.60 Å². The number of nitrogens with zero attached hydrogens (tertiary/aromatic N) is 1. The first-order valence-electron chi connectivity index (χ1n) is 7.69. The van der Waals surface area contributed by atoms with Crippen LogP contribution in [-0.4, -0.2) is 47.4 Å². The van der Waals surface area contributed by atoms with E-state index in [9.17, 15) is 9.59 Å². The summed E-state index contributed by atoms with van der Waals surface area (Å²) >= 11 is 0. The number of hydrogen-bond acceptors (Lipinski definition) is 4. The molecule has 1 fully saturated rings. The molecule has 6 heteroatoms. The highest BCUT2D eigenvalue weighted by molar-refractivity contribution is 5.87. The first-order chi connectivity index (χ1) is 10.8. The molecule has 0 aromatic heterocycles. The number of hydrogen-bond donors (Lipinski definition) is 1. The standard InChI is InChI=1S/C17H23NO5/c1-17(2,3)23-16(21)18-9-8-14(22-11-10-18)12-4-6-13(7-5-12)15(19)20/h4-7,14H,8-11H2,1-3H3,(H,19,20)/t14-/m1/s1. The number of benzene rings is 1. The summed E-state index contributed by atoms with van der Waals surface area (Å²) < 4.78 is 11.2. The number of aromatic carboxylic acids is 1. The Morgan fingerprint density at radius 2 is 1.87 bits per heavy atom. The van der Waals surface area contributed by atoms with Crippen LogP contribution in [0.4, 0.5) is 4.79 Å². The maximum Gasteiger partial charge on any atom is 0.410 e. The van der Waals surface area contributed by atoms with Crippen molar-refractivity contribution < 1.29 is 24.2 Å². The van der Waals surface area contributed by atoms with Gasteiger partial charge in [0.2, 0.25) is 0 Å². The molecule has 1 aliphatic rings. The molecule has 0 aliphatic carbocycles. The van der Waals surface area contributed by atoms with Crippen molar-refractivity contribution in [3.8, 4) is 0 Å². The largest absolute Gasteiger partial charge is 0.478 e. The van der Waals surface area contributed by atoms with Crippen molar-refractivity contribution in [2.24, 2.45) is 0 Å². The Labute approximate surface area is 136 Å². The highest BCUT2D eigenvalue weighted by Gasteiger charge is 2.26. The lowest BCUT2D eigenvalue weighted by Gasteiger charge is -2.26. The van der Waals surface area contributed by atoms with Gasteiger partial charge in [0, 0.05) is 13.1 Å². The van der Waals surface area contributed by atoms with Crippen LogP contribution in [0.15, 0.2) is 24.3 Å². The van der Waals surface area contributed by atoms with Gasteiger partial charge in [0.25, 0.3) is 0 Å². The SMILES string of the molecule is CC(C)(C)OC(=O)N1CCO[C@@H](c2ccc(C(=O)O)cc2)CC1. The summed E-state index contributed by atoms with van der Waals surface area (Å²) in [7, 11) is 0. The Balaban J connectivity index is 1.98. The van der Waals surface area contributed by atoms with Crippen LogP contribution >= 0.6 is 0 Å². The Kier molecular flexibility index (Phi) is 5.26. The van der Waals surface area contributed by atoms with Gasteiger partial charge >= 0.3 is 12.1 Å². The first-order valence-corrected chi connectivity index (χ1v) is 7.69. The van der Waals surface area contributed by atoms with Gasteiger partial charge in [-0.05, 0) is 44.9 Å². The molecule has 1 heterocycles. The fourth-order valence-electron chi connectivity index (χ4n) is 2.39. The van der Waals surface area contributed by atoms with E-state index in [4.69, 9.17) is 14.6 Å². The molecule has 1 aromatic rings. The van der Waals surface area contributed by atoms with E-state index in [1.165, 1.54) is 0 Å². The van der Waals surface area contributed by atoms with Gasteiger partial charge in [-0.15, -0.1) is 0 Å². The summed E-state index contributed by atoms with van der Waals surface area (Å²) in [6.45, 7) is 6.97. The zero-order valence-corrected chi connectivity index (χ0v) is 13.7. The third-order valence-electron chi connectivity index (χ3n) is 3.52. The van der Waals surface area contributed by atoms with Crippen LogP contribution in [0.1, 0.15) is 49.2 Å². The van der Waals surface area contributed by atoms with Gasteiger partial charge in [-0.2, -0.15) is 0 Å². The fourth-order valence-corrected chi connectivity index (χ4v) is 2.39. The molecule has 126 valence electrons. The molecule has 0 radical (unpaired) electrons. The maximum absolute atomic E-state index is 12.1. The zero-order valence-electron chi connectivity index (χ0n) is 13.7. The quantitative estimate of drug-likeness (QED) is 0.906. The zero-order chi connectivity index (χ0) is 17.0. The lowest BCUT2D eigenvalue weighted by molar-refractivity contribution is 0.0231. The van der Waals surface area contributed by atoms with Crippen LogP contribution < -0.4 is 0 Å². The van der Waals surface area contributed by atoms with E-state index in [2.05, 4.69) is 0 Å². The molecule has 0 bridgehead atoms. The van der Waals surface area contributed by atoms with Gasteiger partial charge in [0.15, 0.2) is 0 Å². The molecule has 1 N–H and O–H groups in total. The second-order valence-corrected chi connectivity index (χ2v) is 6.54. The molecule has 1 atom stereocenters. The Bertz CT molecular complexity index is 561. The van der Waals surface area contributed by atoms with E-state index < -0.39 is 11.6 Å². The number of carbonyl (C=O) groups is 2. The van der Waals surface area contributed by atoms with Gasteiger partial charge in [-0.25, -0.2) is 9.59 Å². The van der Waals surface area contributed by atoms with Crippen LogP contribution in [0.2, 0.25) is 0 Å². The van der Waals surface area contributed by atoms with Crippen LogP contribution in [0.25, 0.3) is 0 Å². The molecule has 6 nitrogen and oxygen atoms in total. The highest BCUT2D eigenvalue weighted by Crippen LogP contribution is 2.25. The Morgan fingerprint density at radius 1 is 1.22 bits per heavy atom. The summed E-state index contributed by atoms with van der Waals surface area (Å²) in [5.41, 5.74) is 0.648. The first kappa shape index (κ1) is 17.3. The lowest BCUT2D eigenvalue weighted by Crippen LogP contribution is -2.38. The number of carboxylic acid groups (broad SMARTS) is 1. The van der Waals surface area contributed by atoms with Crippen molar-refractivity contribution in [3.63, 3.8) is 0 Å². The van der Waals surface area contributed by atoms with Gasteiger partial charge < -0.3 is 19.5 Å². The minimum Gasteiger partial charge on any atom is -0.478 e. The molecule has 1 aromatic carbocycles. The molecule has 1 saturated heterocycles. The third kappa shape index (κ3) is 4.96. The molecule has 0 spiro atoms. The van der Waals surface area contributed by atoms with Gasteiger partial charge in [-0.1, -0.05) is 12.1 Å². The summed E-state index contributed by atoms with van der Waals surface area (Å²) in [4.78, 5) is 24.6. The average Bonchev–Trinajstić information content (AvgIpc) is 2.71. The summed E-state index contributed by atoms with van der Waals surface area (Å²) in [5.74, 6) is -0.950. The van der Waals surface area contributed by atoms with Gasteiger partial charge in [-0.3, -0.25) is 0 Å². The fraction of sp³-hybridized carbons (Fsp3) is 0.529. The monoisotopic (exact) mass is 321 g/mol. The van der Waals surface area contributed by atoms with Crippen LogP contribution in [0, 0.1) is 0 Å². The van der Waals surface area contributed by atoms with Crippen molar-refractivity contribution in [1.29, 1.82) is 0 Å². The predicted molar refractivity (Wildman–Crippen MR) is 84.5 cm³/mol. The third-order valence-corrected chi connectivity index (χ3v) is 3.52. The molecule has 23 heavy (non-hydrogen) atoms. The maximum atomic E-state index is 12.1. The number of rotatable bonds is 2. The van der Waals surface area contributed by atoms with E-state index in [1.54, 1.807) is 29.2 Å².